The van der Waals surface area contributed by atoms with E-state index in [0.717, 1.165) is 11.3 Å². The Labute approximate surface area is 175 Å². The Bertz CT molecular complexity index is 934. The molecule has 3 rings (SSSR count). The van der Waals surface area contributed by atoms with Crippen molar-refractivity contribution in [2.24, 2.45) is 0 Å². The third kappa shape index (κ3) is 3.95. The minimum Gasteiger partial charge on any atom is -0.444 e. The normalized spacial score (nSPS) is 20.3. The molecule has 10 nitrogen and oxygen atoms in total. The Hall–Kier alpha value is -3.14. The van der Waals surface area contributed by atoms with E-state index in [4.69, 9.17) is 4.74 Å². The molecule has 10 heteroatoms. The van der Waals surface area contributed by atoms with Crippen LogP contribution in [0.2, 0.25) is 0 Å². The highest BCUT2D eigenvalue weighted by Gasteiger charge is 2.50. The monoisotopic (exact) mass is 417 g/mol. The van der Waals surface area contributed by atoms with Crippen LogP contribution in [0.5, 0.6) is 0 Å². The topological polar surface area (TPSA) is 117 Å². The zero-order valence-corrected chi connectivity index (χ0v) is 18.0. The van der Waals surface area contributed by atoms with Gasteiger partial charge in [-0.15, -0.1) is 0 Å². The molecule has 0 bridgehead atoms. The van der Waals surface area contributed by atoms with Crippen LogP contribution >= 0.6 is 0 Å². The fourth-order valence-corrected chi connectivity index (χ4v) is 3.86. The van der Waals surface area contributed by atoms with Crippen molar-refractivity contribution in [2.45, 2.75) is 51.9 Å². The summed E-state index contributed by atoms with van der Waals surface area (Å²) in [6.45, 7) is 9.55. The van der Waals surface area contributed by atoms with Gasteiger partial charge in [-0.05, 0) is 40.7 Å². The van der Waals surface area contributed by atoms with Crippen molar-refractivity contribution < 1.29 is 19.2 Å². The first-order chi connectivity index (χ1) is 13.8. The maximum atomic E-state index is 12.8. The number of likely N-dealkylation sites (N-methyl/N-ethyl adjacent to an activating group) is 1. The van der Waals surface area contributed by atoms with Gasteiger partial charge in [0.05, 0.1) is 22.7 Å². The molecule has 0 aliphatic carbocycles. The zero-order chi connectivity index (χ0) is 22.4. The number of carbonyl (C=O) groups is 2. The van der Waals surface area contributed by atoms with Gasteiger partial charge in [0.25, 0.3) is 11.6 Å². The van der Waals surface area contributed by atoms with Crippen molar-refractivity contribution in [2.75, 3.05) is 13.6 Å². The molecule has 0 radical (unpaired) electrons. The third-order valence-electron chi connectivity index (χ3n) is 5.10. The molecule has 0 fully saturated rings. The van der Waals surface area contributed by atoms with Crippen molar-refractivity contribution in [3.63, 3.8) is 0 Å². The molecule has 2 N–H and O–H groups in total. The van der Waals surface area contributed by atoms with Crippen LogP contribution in [0.25, 0.3) is 0 Å². The number of carbonyl (C=O) groups excluding carboxylic acids is 2. The number of hydrazine groups is 1. The average Bonchev–Trinajstić information content (AvgIpc) is 3.08. The first-order valence-electron chi connectivity index (χ1n) is 9.60. The number of nitrogens with one attached hydrogen (secondary N) is 2. The fraction of sp³-hybridized carbons (Fsp3) is 0.500. The van der Waals surface area contributed by atoms with Crippen molar-refractivity contribution in [3.05, 3.63) is 51.2 Å². The lowest BCUT2D eigenvalue weighted by Gasteiger charge is -2.38. The third-order valence-corrected chi connectivity index (χ3v) is 5.10. The van der Waals surface area contributed by atoms with E-state index >= 15 is 0 Å². The minimum atomic E-state index is -0.648. The molecule has 0 aromatic heterocycles. The fourth-order valence-electron chi connectivity index (χ4n) is 3.86. The van der Waals surface area contributed by atoms with Gasteiger partial charge in [-0.25, -0.2) is 10.2 Å². The first-order valence-corrected chi connectivity index (χ1v) is 9.60. The number of hydrogen-bond donors (Lipinski definition) is 2. The van der Waals surface area contributed by atoms with E-state index in [1.807, 2.05) is 41.7 Å². The van der Waals surface area contributed by atoms with Crippen LogP contribution in [0, 0.1) is 10.1 Å². The maximum absolute atomic E-state index is 12.8. The number of rotatable bonds is 3. The van der Waals surface area contributed by atoms with Crippen LogP contribution in [0.1, 0.15) is 45.0 Å². The number of ether oxygens (including phenoxy) is 1. The average molecular weight is 417 g/mol. The molecule has 0 spiro atoms. The van der Waals surface area contributed by atoms with Crippen LogP contribution in [0.4, 0.5) is 10.5 Å². The van der Waals surface area contributed by atoms with Gasteiger partial charge in [0, 0.05) is 30.3 Å². The molecule has 1 aromatic carbocycles. The quantitative estimate of drug-likeness (QED) is 0.573. The number of hydrogen-bond acceptors (Lipinski definition) is 7. The zero-order valence-electron chi connectivity index (χ0n) is 18.0. The van der Waals surface area contributed by atoms with Crippen LogP contribution < -0.4 is 10.7 Å². The van der Waals surface area contributed by atoms with E-state index in [2.05, 4.69) is 10.7 Å². The number of nitrogens with zero attached hydrogens (tertiary/aromatic N) is 3. The van der Waals surface area contributed by atoms with Gasteiger partial charge >= 0.3 is 6.09 Å². The number of nitro benzene ring substituents is 1. The number of benzene rings is 1. The molecule has 2 aliphatic rings. The van der Waals surface area contributed by atoms with Gasteiger partial charge in [0.2, 0.25) is 0 Å². The van der Waals surface area contributed by atoms with E-state index in [1.165, 1.54) is 24.3 Å². The lowest BCUT2D eigenvalue weighted by molar-refractivity contribution is -0.384. The van der Waals surface area contributed by atoms with Gasteiger partial charge in [-0.2, -0.15) is 0 Å². The Morgan fingerprint density at radius 3 is 2.60 bits per heavy atom. The highest BCUT2D eigenvalue weighted by Crippen LogP contribution is 2.40. The Morgan fingerprint density at radius 1 is 1.33 bits per heavy atom. The summed E-state index contributed by atoms with van der Waals surface area (Å²) in [4.78, 5) is 37.5. The van der Waals surface area contributed by atoms with Crippen molar-refractivity contribution in [1.29, 1.82) is 0 Å². The van der Waals surface area contributed by atoms with E-state index in [1.54, 1.807) is 9.91 Å². The van der Waals surface area contributed by atoms with E-state index < -0.39 is 34.2 Å². The smallest absolute Gasteiger partial charge is 0.411 e. The molecule has 2 aliphatic heterocycles. The highest BCUT2D eigenvalue weighted by atomic mass is 16.6. The molecule has 1 atom stereocenters. The second kappa shape index (κ2) is 7.28. The molecule has 2 amide bonds. The predicted molar refractivity (Wildman–Crippen MR) is 109 cm³/mol. The first kappa shape index (κ1) is 21.6. The highest BCUT2D eigenvalue weighted by molar-refractivity contribution is 5.95. The van der Waals surface area contributed by atoms with E-state index in [0.29, 0.717) is 0 Å². The second-order valence-corrected chi connectivity index (χ2v) is 8.90. The van der Waals surface area contributed by atoms with Gasteiger partial charge in [0.15, 0.2) is 0 Å². The van der Waals surface area contributed by atoms with Crippen molar-refractivity contribution in [1.82, 2.24) is 20.7 Å². The standard InChI is InChI=1S/C20H27N5O5/c1-19(2,3)30-18(27)24-11-14-15(20(24,4)5)23(6)22-16(14)21-17(26)12-8-7-9-13(10-12)25(28)29/h7-10,16,22H,11H2,1-6H3,(H,21,26). The lowest BCUT2D eigenvalue weighted by atomic mass is 10.00. The van der Waals surface area contributed by atoms with Crippen LogP contribution in [0.3, 0.4) is 0 Å². The molecule has 2 heterocycles. The molecule has 0 saturated carbocycles. The van der Waals surface area contributed by atoms with E-state index in [-0.39, 0.29) is 17.8 Å². The maximum Gasteiger partial charge on any atom is 0.411 e. The second-order valence-electron chi connectivity index (χ2n) is 8.90. The van der Waals surface area contributed by atoms with Gasteiger partial charge in [0.1, 0.15) is 11.8 Å². The Balaban J connectivity index is 1.81. The Kier molecular flexibility index (Phi) is 5.23. The summed E-state index contributed by atoms with van der Waals surface area (Å²) in [6.07, 6.45) is -0.984. The summed E-state index contributed by atoms with van der Waals surface area (Å²) in [6, 6.07) is 5.54. The molecule has 30 heavy (non-hydrogen) atoms. The molecule has 0 saturated heterocycles. The van der Waals surface area contributed by atoms with Crippen LogP contribution in [-0.4, -0.2) is 57.7 Å². The lowest BCUT2D eigenvalue weighted by Crippen LogP contribution is -2.55. The summed E-state index contributed by atoms with van der Waals surface area (Å²) >= 11 is 0. The van der Waals surface area contributed by atoms with Crippen molar-refractivity contribution in [3.8, 4) is 0 Å². The van der Waals surface area contributed by atoms with Gasteiger partial charge < -0.3 is 15.1 Å². The van der Waals surface area contributed by atoms with Gasteiger partial charge in [-0.3, -0.25) is 19.8 Å². The van der Waals surface area contributed by atoms with E-state index in [9.17, 15) is 19.7 Å². The summed E-state index contributed by atoms with van der Waals surface area (Å²) in [5, 5.41) is 15.6. The summed E-state index contributed by atoms with van der Waals surface area (Å²) in [5.74, 6) is -0.452. The largest absolute Gasteiger partial charge is 0.444 e. The number of nitro groups is 1. The van der Waals surface area contributed by atoms with Crippen LogP contribution in [-0.2, 0) is 4.74 Å². The van der Waals surface area contributed by atoms with Crippen LogP contribution in [0.15, 0.2) is 35.5 Å². The van der Waals surface area contributed by atoms with Gasteiger partial charge in [-0.1, -0.05) is 6.07 Å². The number of amides is 2. The Morgan fingerprint density at radius 2 is 2.00 bits per heavy atom. The molecule has 1 unspecified atom stereocenters. The molecular formula is C20H27N5O5. The summed E-state index contributed by atoms with van der Waals surface area (Å²) < 4.78 is 5.55. The summed E-state index contributed by atoms with van der Waals surface area (Å²) in [7, 11) is 1.81. The minimum absolute atomic E-state index is 0.155. The SMILES string of the molecule is CN1NC(NC(=O)c2cccc([N+](=O)[O-])c2)C2=C1C(C)(C)N(C(=O)OC(C)(C)C)C2. The summed E-state index contributed by atoms with van der Waals surface area (Å²) in [5.41, 5.74) is 3.64. The molecular weight excluding hydrogens is 390 g/mol. The number of non-ortho nitro benzene ring substituents is 1. The van der Waals surface area contributed by atoms with Crippen molar-refractivity contribution >= 4 is 17.7 Å². The predicted octanol–water partition coefficient (Wildman–Crippen LogP) is 2.38. The molecule has 162 valence electrons. The molecule has 1 aromatic rings.